The summed E-state index contributed by atoms with van der Waals surface area (Å²) in [6.07, 6.45) is 3.24. The lowest BCUT2D eigenvalue weighted by molar-refractivity contribution is 0.907. The molecule has 56 valence electrons. The molecule has 0 aromatic carbocycles. The van der Waals surface area contributed by atoms with Crippen molar-refractivity contribution in [3.63, 3.8) is 0 Å². The number of fused-ring (bicyclic) bond motifs is 1. The van der Waals surface area contributed by atoms with Crippen molar-refractivity contribution in [2.24, 2.45) is 4.99 Å². The Bertz CT molecular complexity index is 379. The first kappa shape index (κ1) is 6.53. The molecule has 0 bridgehead atoms. The minimum Gasteiger partial charge on any atom is -0.266 e. The average Bonchev–Trinajstić information content (AvgIpc) is 2.04. The summed E-state index contributed by atoms with van der Waals surface area (Å²) in [6.45, 7) is 2.88. The van der Waals surface area contributed by atoms with Crippen molar-refractivity contribution < 1.29 is 0 Å². The normalized spacial score (nSPS) is 14.6. The van der Waals surface area contributed by atoms with Crippen LogP contribution in [0.5, 0.6) is 0 Å². The van der Waals surface area contributed by atoms with Crippen LogP contribution in [0.25, 0.3) is 6.08 Å². The Morgan fingerprint density at radius 2 is 2.27 bits per heavy atom. The maximum Gasteiger partial charge on any atom is 0.154 e. The summed E-state index contributed by atoms with van der Waals surface area (Å²) in [5.74, 6) is 0. The summed E-state index contributed by atoms with van der Waals surface area (Å²) >= 11 is 0. The zero-order chi connectivity index (χ0) is 7.68. The van der Waals surface area contributed by atoms with Gasteiger partial charge in [0.25, 0.3) is 0 Å². The van der Waals surface area contributed by atoms with Crippen molar-refractivity contribution in [1.82, 2.24) is 4.98 Å². The first-order valence-electron chi connectivity index (χ1n) is 3.84. The van der Waals surface area contributed by atoms with Crippen molar-refractivity contribution in [1.29, 1.82) is 0 Å². The van der Waals surface area contributed by atoms with Gasteiger partial charge in [-0.2, -0.15) is 0 Å². The van der Waals surface area contributed by atoms with E-state index in [1.807, 2.05) is 13.0 Å². The van der Waals surface area contributed by atoms with Crippen LogP contribution < -0.4 is 10.7 Å². The van der Waals surface area contributed by atoms with Gasteiger partial charge >= 0.3 is 0 Å². The highest BCUT2D eigenvalue weighted by Crippen LogP contribution is 1.87. The number of rotatable bonds is 0. The number of aromatic nitrogens is 1. The van der Waals surface area contributed by atoms with E-state index < -0.39 is 0 Å². The molecule has 0 amide bonds. The van der Waals surface area contributed by atoms with E-state index in [4.69, 9.17) is 0 Å². The lowest BCUT2D eigenvalue weighted by Crippen LogP contribution is -2.31. The molecule has 1 aliphatic heterocycles. The molecule has 2 rings (SSSR count). The summed E-state index contributed by atoms with van der Waals surface area (Å²) in [6, 6.07) is 4.11. The van der Waals surface area contributed by atoms with Gasteiger partial charge in [0.2, 0.25) is 0 Å². The predicted octanol–water partition coefficient (Wildman–Crippen LogP) is 0.194. The van der Waals surface area contributed by atoms with Crippen LogP contribution in [-0.4, -0.2) is 11.5 Å². The van der Waals surface area contributed by atoms with E-state index >= 15 is 0 Å². The molecule has 0 saturated carbocycles. The second-order valence-corrected chi connectivity index (χ2v) is 2.74. The first-order valence-corrected chi connectivity index (χ1v) is 3.84. The molecular weight excluding hydrogens is 136 g/mol. The van der Waals surface area contributed by atoms with Crippen molar-refractivity contribution in [2.75, 3.05) is 6.54 Å². The van der Waals surface area contributed by atoms with E-state index in [0.717, 1.165) is 24.1 Å². The highest BCUT2D eigenvalue weighted by atomic mass is 14.8. The first-order chi connectivity index (χ1) is 5.36. The zero-order valence-corrected chi connectivity index (χ0v) is 6.54. The van der Waals surface area contributed by atoms with Crippen LogP contribution in [0.15, 0.2) is 17.1 Å². The molecule has 0 fully saturated rings. The Morgan fingerprint density at radius 1 is 1.36 bits per heavy atom. The molecule has 0 radical (unpaired) electrons. The lowest BCUT2D eigenvalue weighted by atomic mass is 10.2. The average molecular weight is 146 g/mol. The van der Waals surface area contributed by atoms with Gasteiger partial charge in [0, 0.05) is 17.5 Å². The van der Waals surface area contributed by atoms with Gasteiger partial charge in [-0.3, -0.25) is 4.99 Å². The molecule has 0 N–H and O–H groups in total. The summed E-state index contributed by atoms with van der Waals surface area (Å²) in [5, 5.41) is 1.18. The maximum atomic E-state index is 4.32. The molecule has 0 atom stereocenters. The predicted molar refractivity (Wildman–Crippen MR) is 43.7 cm³/mol. The summed E-state index contributed by atoms with van der Waals surface area (Å²) in [5.41, 5.74) is 1.96. The van der Waals surface area contributed by atoms with E-state index in [2.05, 4.69) is 22.1 Å². The molecule has 2 heterocycles. The van der Waals surface area contributed by atoms with Gasteiger partial charge in [-0.25, -0.2) is 4.98 Å². The van der Waals surface area contributed by atoms with Gasteiger partial charge < -0.3 is 0 Å². The number of pyridine rings is 1. The number of hydrogen-bond acceptors (Lipinski definition) is 2. The van der Waals surface area contributed by atoms with Crippen molar-refractivity contribution in [2.45, 2.75) is 13.3 Å². The third kappa shape index (κ3) is 1.16. The van der Waals surface area contributed by atoms with Gasteiger partial charge in [-0.15, -0.1) is 0 Å². The van der Waals surface area contributed by atoms with Crippen LogP contribution in [-0.2, 0) is 0 Å². The quantitative estimate of drug-likeness (QED) is 0.513. The molecule has 11 heavy (non-hydrogen) atoms. The SMILES string of the molecule is Cc1ccc2c(n1)=NCCC=2. The summed E-state index contributed by atoms with van der Waals surface area (Å²) in [4.78, 5) is 8.63. The smallest absolute Gasteiger partial charge is 0.154 e. The van der Waals surface area contributed by atoms with Crippen LogP contribution in [0.2, 0.25) is 0 Å². The Labute approximate surface area is 65.3 Å². The summed E-state index contributed by atoms with van der Waals surface area (Å²) in [7, 11) is 0. The Morgan fingerprint density at radius 3 is 3.18 bits per heavy atom. The van der Waals surface area contributed by atoms with Gasteiger partial charge in [-0.1, -0.05) is 6.08 Å². The lowest BCUT2D eigenvalue weighted by Gasteiger charge is -1.98. The molecule has 0 unspecified atom stereocenters. The van der Waals surface area contributed by atoms with Gasteiger partial charge in [0.15, 0.2) is 5.49 Å². The Hall–Kier alpha value is -1.18. The molecule has 1 aromatic heterocycles. The second kappa shape index (κ2) is 2.46. The third-order valence-electron chi connectivity index (χ3n) is 1.80. The molecule has 1 aliphatic rings. The van der Waals surface area contributed by atoms with Crippen molar-refractivity contribution in [3.8, 4) is 0 Å². The number of aryl methyl sites for hydroxylation is 1. The highest BCUT2D eigenvalue weighted by Gasteiger charge is 1.94. The van der Waals surface area contributed by atoms with Crippen LogP contribution in [0.3, 0.4) is 0 Å². The van der Waals surface area contributed by atoms with E-state index in [1.54, 1.807) is 0 Å². The number of nitrogens with zero attached hydrogens (tertiary/aromatic N) is 2. The van der Waals surface area contributed by atoms with Gasteiger partial charge in [0.05, 0.1) is 0 Å². The maximum absolute atomic E-state index is 4.32. The Kier molecular flexibility index (Phi) is 1.46. The minimum atomic E-state index is 0.892. The van der Waals surface area contributed by atoms with Gasteiger partial charge in [-0.05, 0) is 25.5 Å². The van der Waals surface area contributed by atoms with Crippen LogP contribution >= 0.6 is 0 Å². The highest BCUT2D eigenvalue weighted by molar-refractivity contribution is 5.24. The van der Waals surface area contributed by atoms with E-state index in [1.165, 1.54) is 5.22 Å². The van der Waals surface area contributed by atoms with Crippen LogP contribution in [0.4, 0.5) is 0 Å². The summed E-state index contributed by atoms with van der Waals surface area (Å²) < 4.78 is 0. The van der Waals surface area contributed by atoms with E-state index in [9.17, 15) is 0 Å². The monoisotopic (exact) mass is 146 g/mol. The van der Waals surface area contributed by atoms with E-state index in [0.29, 0.717) is 0 Å². The van der Waals surface area contributed by atoms with Crippen molar-refractivity contribution in [3.05, 3.63) is 28.5 Å². The fourth-order valence-corrected chi connectivity index (χ4v) is 1.23. The number of hydrogen-bond donors (Lipinski definition) is 0. The van der Waals surface area contributed by atoms with Crippen LogP contribution in [0.1, 0.15) is 12.1 Å². The fourth-order valence-electron chi connectivity index (χ4n) is 1.23. The molecule has 0 spiro atoms. The fraction of sp³-hybridized carbons (Fsp3) is 0.333. The molecular formula is C9H10N2. The molecule has 0 aliphatic carbocycles. The zero-order valence-electron chi connectivity index (χ0n) is 6.54. The van der Waals surface area contributed by atoms with Crippen LogP contribution in [0, 0.1) is 6.92 Å². The minimum absolute atomic E-state index is 0.892. The largest absolute Gasteiger partial charge is 0.266 e. The Balaban J connectivity index is 2.80. The standard InChI is InChI=1S/C9H10N2/c1-7-4-5-8-3-2-6-10-9(8)11-7/h3-5H,2,6H2,1H3. The molecule has 0 saturated heterocycles. The van der Waals surface area contributed by atoms with E-state index in [-0.39, 0.29) is 0 Å². The van der Waals surface area contributed by atoms with Gasteiger partial charge in [0.1, 0.15) is 0 Å². The topological polar surface area (TPSA) is 25.2 Å². The molecule has 2 nitrogen and oxygen atoms in total. The third-order valence-corrected chi connectivity index (χ3v) is 1.80. The van der Waals surface area contributed by atoms with Crippen molar-refractivity contribution >= 4 is 6.08 Å². The molecule has 1 aromatic rings. The second-order valence-electron chi connectivity index (χ2n) is 2.74. The molecule has 2 heteroatoms.